The molecule has 5 nitrogen and oxygen atoms in total. The maximum atomic E-state index is 12.6. The summed E-state index contributed by atoms with van der Waals surface area (Å²) in [4.78, 5) is 0.167. The summed E-state index contributed by atoms with van der Waals surface area (Å²) in [7, 11) is -2.05. The molecule has 0 spiro atoms. The fourth-order valence-electron chi connectivity index (χ4n) is 2.03. The third-order valence-electron chi connectivity index (χ3n) is 3.11. The quantitative estimate of drug-likeness (QED) is 0.874. The van der Waals surface area contributed by atoms with Gasteiger partial charge in [0, 0.05) is 24.1 Å². The fourth-order valence-corrected chi connectivity index (χ4v) is 3.81. The van der Waals surface area contributed by atoms with E-state index in [-0.39, 0.29) is 18.0 Å². The number of nitrogens with zero attached hydrogens (tertiary/aromatic N) is 1. The Balaban J connectivity index is 2.28. The van der Waals surface area contributed by atoms with E-state index in [1.165, 1.54) is 10.4 Å². The molecule has 0 fully saturated rings. The Hall–Kier alpha value is -1.15. The van der Waals surface area contributed by atoms with Gasteiger partial charge in [-0.3, -0.25) is 0 Å². The average molecular weight is 373 g/mol. The molecular weight excluding hydrogens is 356 g/mol. The van der Waals surface area contributed by atoms with Crippen molar-refractivity contribution in [3.05, 3.63) is 51.9 Å². The lowest BCUT2D eigenvalue weighted by atomic mass is 10.2. The van der Waals surface area contributed by atoms with Gasteiger partial charge in [0.05, 0.1) is 6.54 Å². The molecule has 0 aliphatic carbocycles. The fraction of sp³-hybridized carbons (Fsp3) is 0.286. The maximum absolute atomic E-state index is 12.6. The van der Waals surface area contributed by atoms with Crippen LogP contribution in [0.3, 0.4) is 0 Å². The molecule has 2 aromatic rings. The Morgan fingerprint density at radius 1 is 1.33 bits per heavy atom. The number of halogens is 1. The highest BCUT2D eigenvalue weighted by Gasteiger charge is 2.26. The van der Waals surface area contributed by atoms with Crippen LogP contribution in [0.1, 0.15) is 17.1 Å². The number of hydrogen-bond donors (Lipinski definition) is 1. The predicted molar refractivity (Wildman–Crippen MR) is 84.1 cm³/mol. The maximum Gasteiger partial charge on any atom is 0.246 e. The summed E-state index contributed by atoms with van der Waals surface area (Å²) in [5, 5.41) is 0. The van der Waals surface area contributed by atoms with Gasteiger partial charge >= 0.3 is 0 Å². The van der Waals surface area contributed by atoms with Crippen molar-refractivity contribution in [1.82, 2.24) is 4.31 Å². The van der Waals surface area contributed by atoms with Crippen molar-refractivity contribution in [1.29, 1.82) is 0 Å². The predicted octanol–water partition coefficient (Wildman–Crippen LogP) is 2.63. The van der Waals surface area contributed by atoms with Gasteiger partial charge in [-0.1, -0.05) is 28.1 Å². The van der Waals surface area contributed by atoms with E-state index in [2.05, 4.69) is 15.9 Å². The molecule has 114 valence electrons. The zero-order valence-electron chi connectivity index (χ0n) is 11.8. The van der Waals surface area contributed by atoms with Crippen molar-refractivity contribution in [2.24, 2.45) is 5.73 Å². The normalized spacial score (nSPS) is 12.0. The molecule has 0 saturated carbocycles. The SMILES string of the molecule is Cc1oc(CN)cc1S(=O)(=O)N(C)Cc1cccc(Br)c1. The molecule has 0 radical (unpaired) electrons. The zero-order chi connectivity index (χ0) is 15.6. The molecule has 0 unspecified atom stereocenters. The van der Waals surface area contributed by atoms with Crippen LogP contribution in [0.25, 0.3) is 0 Å². The molecule has 1 aromatic carbocycles. The molecule has 0 bridgehead atoms. The third-order valence-corrected chi connectivity index (χ3v) is 5.51. The number of furan rings is 1. The van der Waals surface area contributed by atoms with Gasteiger partial charge < -0.3 is 10.2 Å². The standard InChI is InChI=1S/C14H17BrN2O3S/c1-10-14(7-13(8-16)20-10)21(18,19)17(2)9-11-4-3-5-12(15)6-11/h3-7H,8-9,16H2,1-2H3. The zero-order valence-corrected chi connectivity index (χ0v) is 14.2. The second-order valence-corrected chi connectivity index (χ2v) is 7.66. The first-order valence-corrected chi connectivity index (χ1v) is 8.58. The summed E-state index contributed by atoms with van der Waals surface area (Å²) in [6.45, 7) is 2.08. The first-order valence-electron chi connectivity index (χ1n) is 6.34. The van der Waals surface area contributed by atoms with Crippen molar-refractivity contribution >= 4 is 26.0 Å². The van der Waals surface area contributed by atoms with Crippen LogP contribution in [-0.2, 0) is 23.1 Å². The Bertz CT molecular complexity index is 740. The van der Waals surface area contributed by atoms with Gasteiger partial charge in [-0.2, -0.15) is 4.31 Å². The lowest BCUT2D eigenvalue weighted by Gasteiger charge is -2.16. The summed E-state index contributed by atoms with van der Waals surface area (Å²) in [5.74, 6) is 0.818. The van der Waals surface area contributed by atoms with E-state index in [1.807, 2.05) is 24.3 Å². The van der Waals surface area contributed by atoms with Gasteiger partial charge in [0.15, 0.2) is 0 Å². The molecule has 0 aliphatic rings. The van der Waals surface area contributed by atoms with Crippen molar-refractivity contribution in [3.8, 4) is 0 Å². The van der Waals surface area contributed by atoms with Gasteiger partial charge in [0.1, 0.15) is 16.4 Å². The van der Waals surface area contributed by atoms with Crippen LogP contribution < -0.4 is 5.73 Å². The van der Waals surface area contributed by atoms with E-state index < -0.39 is 10.0 Å². The minimum absolute atomic E-state index is 0.167. The highest BCUT2D eigenvalue weighted by molar-refractivity contribution is 9.10. The lowest BCUT2D eigenvalue weighted by molar-refractivity contribution is 0.456. The van der Waals surface area contributed by atoms with E-state index in [9.17, 15) is 8.42 Å². The van der Waals surface area contributed by atoms with Crippen LogP contribution in [0.4, 0.5) is 0 Å². The molecule has 7 heteroatoms. The Labute approximate surface area is 132 Å². The minimum atomic E-state index is -3.60. The minimum Gasteiger partial charge on any atom is -0.464 e. The molecule has 1 heterocycles. The lowest BCUT2D eigenvalue weighted by Crippen LogP contribution is -2.26. The van der Waals surface area contributed by atoms with Gasteiger partial charge in [-0.15, -0.1) is 0 Å². The van der Waals surface area contributed by atoms with E-state index in [0.29, 0.717) is 11.5 Å². The molecule has 0 atom stereocenters. The van der Waals surface area contributed by atoms with E-state index in [1.54, 1.807) is 14.0 Å². The van der Waals surface area contributed by atoms with Crippen molar-refractivity contribution < 1.29 is 12.8 Å². The van der Waals surface area contributed by atoms with Gasteiger partial charge in [0.2, 0.25) is 10.0 Å². The Morgan fingerprint density at radius 3 is 2.62 bits per heavy atom. The molecule has 0 saturated heterocycles. The van der Waals surface area contributed by atoms with Crippen LogP contribution in [0, 0.1) is 6.92 Å². The molecule has 2 N–H and O–H groups in total. The molecular formula is C14H17BrN2O3S. The van der Waals surface area contributed by atoms with Gasteiger partial charge in [0.25, 0.3) is 0 Å². The van der Waals surface area contributed by atoms with Crippen LogP contribution >= 0.6 is 15.9 Å². The molecule has 1 aromatic heterocycles. The van der Waals surface area contributed by atoms with E-state index >= 15 is 0 Å². The first kappa shape index (κ1) is 16.2. The number of benzene rings is 1. The van der Waals surface area contributed by atoms with Crippen molar-refractivity contribution in [2.75, 3.05) is 7.05 Å². The average Bonchev–Trinajstić information content (AvgIpc) is 2.80. The summed E-state index contributed by atoms with van der Waals surface area (Å²) in [6.07, 6.45) is 0. The van der Waals surface area contributed by atoms with E-state index in [0.717, 1.165) is 10.0 Å². The first-order chi connectivity index (χ1) is 9.84. The summed E-state index contributed by atoms with van der Waals surface area (Å²) in [6, 6.07) is 9.02. The highest BCUT2D eigenvalue weighted by atomic mass is 79.9. The summed E-state index contributed by atoms with van der Waals surface area (Å²) < 4.78 is 32.7. The smallest absolute Gasteiger partial charge is 0.246 e. The van der Waals surface area contributed by atoms with Gasteiger partial charge in [-0.05, 0) is 24.6 Å². The molecule has 0 amide bonds. The van der Waals surface area contributed by atoms with Crippen LogP contribution in [0.2, 0.25) is 0 Å². The Kier molecular flexibility index (Phi) is 4.88. The monoisotopic (exact) mass is 372 g/mol. The molecule has 21 heavy (non-hydrogen) atoms. The number of rotatable bonds is 5. The van der Waals surface area contributed by atoms with Crippen LogP contribution in [0.15, 0.2) is 44.1 Å². The Morgan fingerprint density at radius 2 is 2.05 bits per heavy atom. The summed E-state index contributed by atoms with van der Waals surface area (Å²) >= 11 is 3.37. The molecule has 0 aliphatic heterocycles. The summed E-state index contributed by atoms with van der Waals surface area (Å²) in [5.41, 5.74) is 6.38. The van der Waals surface area contributed by atoms with Crippen LogP contribution in [-0.4, -0.2) is 19.8 Å². The number of aryl methyl sites for hydroxylation is 1. The van der Waals surface area contributed by atoms with E-state index in [4.69, 9.17) is 10.2 Å². The number of nitrogens with two attached hydrogens (primary N) is 1. The van der Waals surface area contributed by atoms with Crippen molar-refractivity contribution in [3.63, 3.8) is 0 Å². The van der Waals surface area contributed by atoms with Crippen LogP contribution in [0.5, 0.6) is 0 Å². The number of hydrogen-bond acceptors (Lipinski definition) is 4. The second-order valence-electron chi connectivity index (χ2n) is 4.73. The van der Waals surface area contributed by atoms with Crippen molar-refractivity contribution in [2.45, 2.75) is 24.9 Å². The topological polar surface area (TPSA) is 76.5 Å². The second kappa shape index (κ2) is 6.31. The third kappa shape index (κ3) is 3.55. The van der Waals surface area contributed by atoms with Gasteiger partial charge in [-0.25, -0.2) is 8.42 Å². The largest absolute Gasteiger partial charge is 0.464 e. The number of sulfonamides is 1. The molecule has 2 rings (SSSR count). The highest BCUT2D eigenvalue weighted by Crippen LogP contribution is 2.24.